The number of carbonyl (C=O) groups excluding carboxylic acids is 1. The highest BCUT2D eigenvalue weighted by Gasteiger charge is 2.13. The van der Waals surface area contributed by atoms with Crippen LogP contribution in [0.1, 0.15) is 12.3 Å². The molecule has 26 heavy (non-hydrogen) atoms. The highest BCUT2D eigenvalue weighted by molar-refractivity contribution is 5.89. The normalized spacial score (nSPS) is 10.6. The van der Waals surface area contributed by atoms with Crippen LogP contribution in [0.25, 0.3) is 11.4 Å². The number of carbonyl (C=O) groups is 1. The SMILES string of the molecule is COc1ccc(-c2noc(CCC(=O)Nc3ccn(C)n3)n2)cc1OC. The Morgan fingerprint density at radius 3 is 2.73 bits per heavy atom. The number of nitrogens with zero attached hydrogens (tertiary/aromatic N) is 4. The molecule has 0 saturated carbocycles. The second-order valence-electron chi connectivity index (χ2n) is 5.50. The van der Waals surface area contributed by atoms with Gasteiger partial charge < -0.3 is 19.3 Å². The first-order chi connectivity index (χ1) is 12.6. The molecule has 3 aromatic rings. The zero-order chi connectivity index (χ0) is 18.5. The van der Waals surface area contributed by atoms with Crippen molar-refractivity contribution in [3.63, 3.8) is 0 Å². The molecule has 0 aliphatic carbocycles. The predicted molar refractivity (Wildman–Crippen MR) is 93.0 cm³/mol. The Labute approximate surface area is 149 Å². The van der Waals surface area contributed by atoms with E-state index in [0.717, 1.165) is 5.56 Å². The summed E-state index contributed by atoms with van der Waals surface area (Å²) < 4.78 is 17.3. The standard InChI is InChI=1S/C17H19N5O4/c1-22-9-8-14(20-22)18-15(23)6-7-16-19-17(21-26-16)11-4-5-12(24-2)13(10-11)25-3/h4-5,8-10H,6-7H2,1-3H3,(H,18,20,23). The second kappa shape index (κ2) is 7.68. The average molecular weight is 357 g/mol. The number of nitrogens with one attached hydrogen (secondary N) is 1. The summed E-state index contributed by atoms with van der Waals surface area (Å²) >= 11 is 0. The predicted octanol–water partition coefficient (Wildman–Crippen LogP) is 2.06. The van der Waals surface area contributed by atoms with E-state index in [-0.39, 0.29) is 12.3 Å². The molecule has 2 heterocycles. The second-order valence-corrected chi connectivity index (χ2v) is 5.50. The zero-order valence-electron chi connectivity index (χ0n) is 14.7. The van der Waals surface area contributed by atoms with E-state index in [1.807, 2.05) is 6.07 Å². The van der Waals surface area contributed by atoms with Crippen molar-refractivity contribution in [2.75, 3.05) is 19.5 Å². The van der Waals surface area contributed by atoms with Gasteiger partial charge in [-0.15, -0.1) is 0 Å². The topological polar surface area (TPSA) is 104 Å². The van der Waals surface area contributed by atoms with E-state index in [4.69, 9.17) is 14.0 Å². The Hall–Kier alpha value is -3.36. The summed E-state index contributed by atoms with van der Waals surface area (Å²) in [5.74, 6) is 2.33. The number of aryl methyl sites for hydroxylation is 2. The Kier molecular flexibility index (Phi) is 5.16. The molecule has 0 fully saturated rings. The summed E-state index contributed by atoms with van der Waals surface area (Å²) in [5, 5.41) is 10.8. The van der Waals surface area contributed by atoms with E-state index < -0.39 is 0 Å². The molecule has 0 atom stereocenters. The molecule has 0 saturated heterocycles. The molecule has 1 amide bonds. The zero-order valence-corrected chi connectivity index (χ0v) is 14.7. The van der Waals surface area contributed by atoms with E-state index in [1.165, 1.54) is 0 Å². The molecule has 9 heteroatoms. The van der Waals surface area contributed by atoms with Crippen LogP contribution in [0.2, 0.25) is 0 Å². The molecule has 1 aromatic carbocycles. The number of hydrogen-bond donors (Lipinski definition) is 1. The third-order valence-electron chi connectivity index (χ3n) is 3.66. The molecular formula is C17H19N5O4. The first-order valence-electron chi connectivity index (χ1n) is 7.93. The smallest absolute Gasteiger partial charge is 0.227 e. The van der Waals surface area contributed by atoms with Crippen LogP contribution < -0.4 is 14.8 Å². The molecule has 136 valence electrons. The maximum absolute atomic E-state index is 11.9. The van der Waals surface area contributed by atoms with Gasteiger partial charge in [0.05, 0.1) is 14.2 Å². The molecule has 2 aromatic heterocycles. The third kappa shape index (κ3) is 4.00. The van der Waals surface area contributed by atoms with E-state index in [1.54, 1.807) is 50.3 Å². The van der Waals surface area contributed by atoms with Crippen molar-refractivity contribution in [1.82, 2.24) is 19.9 Å². The summed E-state index contributed by atoms with van der Waals surface area (Å²) in [7, 11) is 4.91. The largest absolute Gasteiger partial charge is 0.493 e. The summed E-state index contributed by atoms with van der Waals surface area (Å²) in [5.41, 5.74) is 0.732. The van der Waals surface area contributed by atoms with Gasteiger partial charge in [-0.3, -0.25) is 9.48 Å². The van der Waals surface area contributed by atoms with Crippen molar-refractivity contribution >= 4 is 11.7 Å². The number of hydrogen-bond acceptors (Lipinski definition) is 7. The van der Waals surface area contributed by atoms with Crippen molar-refractivity contribution in [3.8, 4) is 22.9 Å². The van der Waals surface area contributed by atoms with Gasteiger partial charge in [-0.25, -0.2) is 0 Å². The van der Waals surface area contributed by atoms with Crippen LogP contribution in [0.3, 0.4) is 0 Å². The van der Waals surface area contributed by atoms with Crippen molar-refractivity contribution in [2.24, 2.45) is 7.05 Å². The van der Waals surface area contributed by atoms with Gasteiger partial charge in [0.15, 0.2) is 17.3 Å². The summed E-state index contributed by atoms with van der Waals surface area (Å²) in [4.78, 5) is 16.3. The maximum Gasteiger partial charge on any atom is 0.227 e. The van der Waals surface area contributed by atoms with Crippen LogP contribution >= 0.6 is 0 Å². The van der Waals surface area contributed by atoms with Crippen LogP contribution in [-0.2, 0) is 18.3 Å². The fourth-order valence-corrected chi connectivity index (χ4v) is 2.36. The average Bonchev–Trinajstić information content (AvgIpc) is 3.28. The van der Waals surface area contributed by atoms with Gasteiger partial charge in [-0.2, -0.15) is 10.1 Å². The van der Waals surface area contributed by atoms with Gasteiger partial charge in [0.2, 0.25) is 17.6 Å². The lowest BCUT2D eigenvalue weighted by Crippen LogP contribution is -2.13. The van der Waals surface area contributed by atoms with Gasteiger partial charge in [-0.1, -0.05) is 5.16 Å². The third-order valence-corrected chi connectivity index (χ3v) is 3.66. The van der Waals surface area contributed by atoms with Crippen molar-refractivity contribution in [1.29, 1.82) is 0 Å². The quantitative estimate of drug-likeness (QED) is 0.690. The molecule has 0 spiro atoms. The minimum atomic E-state index is -0.172. The van der Waals surface area contributed by atoms with E-state index in [0.29, 0.717) is 35.5 Å². The lowest BCUT2D eigenvalue weighted by Gasteiger charge is -2.07. The van der Waals surface area contributed by atoms with Crippen LogP contribution in [0, 0.1) is 0 Å². The number of benzene rings is 1. The van der Waals surface area contributed by atoms with Crippen LogP contribution in [0.4, 0.5) is 5.82 Å². The van der Waals surface area contributed by atoms with E-state index in [2.05, 4.69) is 20.6 Å². The Balaban J connectivity index is 1.62. The number of methoxy groups -OCH3 is 2. The molecule has 0 radical (unpaired) electrons. The lowest BCUT2D eigenvalue weighted by molar-refractivity contribution is -0.116. The van der Waals surface area contributed by atoms with Gasteiger partial charge in [0.1, 0.15) is 0 Å². The van der Waals surface area contributed by atoms with Crippen LogP contribution in [0.5, 0.6) is 11.5 Å². The summed E-state index contributed by atoms with van der Waals surface area (Å²) in [6.07, 6.45) is 2.30. The molecule has 0 unspecified atom stereocenters. The summed E-state index contributed by atoms with van der Waals surface area (Å²) in [6, 6.07) is 7.06. The molecule has 1 N–H and O–H groups in total. The highest BCUT2D eigenvalue weighted by Crippen LogP contribution is 2.31. The lowest BCUT2D eigenvalue weighted by atomic mass is 10.2. The van der Waals surface area contributed by atoms with Crippen LogP contribution in [-0.4, -0.2) is 40.0 Å². The summed E-state index contributed by atoms with van der Waals surface area (Å²) in [6.45, 7) is 0. The van der Waals surface area contributed by atoms with Crippen LogP contribution in [0.15, 0.2) is 35.0 Å². The highest BCUT2D eigenvalue weighted by atomic mass is 16.5. The monoisotopic (exact) mass is 357 g/mol. The Morgan fingerprint density at radius 2 is 2.04 bits per heavy atom. The first kappa shape index (κ1) is 17.5. The van der Waals surface area contributed by atoms with E-state index >= 15 is 0 Å². The van der Waals surface area contributed by atoms with Crippen molar-refractivity contribution in [3.05, 3.63) is 36.4 Å². The first-order valence-corrected chi connectivity index (χ1v) is 7.93. The van der Waals surface area contributed by atoms with E-state index in [9.17, 15) is 4.79 Å². The van der Waals surface area contributed by atoms with Gasteiger partial charge in [0.25, 0.3) is 0 Å². The number of amides is 1. The molecule has 0 bridgehead atoms. The number of anilines is 1. The fraction of sp³-hybridized carbons (Fsp3) is 0.294. The minimum absolute atomic E-state index is 0.172. The molecule has 3 rings (SSSR count). The van der Waals surface area contributed by atoms with Gasteiger partial charge >= 0.3 is 0 Å². The van der Waals surface area contributed by atoms with Gasteiger partial charge in [-0.05, 0) is 18.2 Å². The Bertz CT molecular complexity index is 902. The fourth-order valence-electron chi connectivity index (χ4n) is 2.36. The molecule has 0 aliphatic rings. The maximum atomic E-state index is 11.9. The molecule has 9 nitrogen and oxygen atoms in total. The molecule has 0 aliphatic heterocycles. The molecular weight excluding hydrogens is 338 g/mol. The number of rotatable bonds is 7. The number of ether oxygens (including phenoxy) is 2. The van der Waals surface area contributed by atoms with Crippen molar-refractivity contribution < 1.29 is 18.8 Å². The Morgan fingerprint density at radius 1 is 1.23 bits per heavy atom. The van der Waals surface area contributed by atoms with Crippen molar-refractivity contribution in [2.45, 2.75) is 12.8 Å². The minimum Gasteiger partial charge on any atom is -0.493 e. The number of aromatic nitrogens is 4. The van der Waals surface area contributed by atoms with Gasteiger partial charge in [0, 0.05) is 37.7 Å².